The molecule has 1 heterocycles. The molecule has 1 saturated heterocycles. The van der Waals surface area contributed by atoms with Crippen LogP contribution in [0.3, 0.4) is 0 Å². The Morgan fingerprint density at radius 2 is 2.27 bits per heavy atom. The Balaban J connectivity index is 2.27. The lowest BCUT2D eigenvalue weighted by molar-refractivity contribution is -0.143. The number of hydrogen-bond acceptors (Lipinski definition) is 3. The van der Waals surface area contributed by atoms with Crippen molar-refractivity contribution in [1.82, 2.24) is 10.2 Å². The molecule has 0 spiro atoms. The highest BCUT2D eigenvalue weighted by atomic mass is 16.5. The second-order valence-corrected chi connectivity index (χ2v) is 3.67. The zero-order chi connectivity index (χ0) is 11.1. The standard InChI is InChI=1S/C11H20N2O2/c1-3-4-9-15-10(2)11(14)13-7-5-12-6-8-13/h3,10,12H,1,4-9H2,2H3. The highest BCUT2D eigenvalue weighted by molar-refractivity contribution is 5.80. The summed E-state index contributed by atoms with van der Waals surface area (Å²) in [7, 11) is 0. The van der Waals surface area contributed by atoms with Gasteiger partial charge in [-0.2, -0.15) is 0 Å². The molecule has 1 aliphatic rings. The van der Waals surface area contributed by atoms with Crippen LogP contribution in [0.2, 0.25) is 0 Å². The second kappa shape index (κ2) is 6.58. The summed E-state index contributed by atoms with van der Waals surface area (Å²) in [6.07, 6.45) is 2.25. The van der Waals surface area contributed by atoms with Gasteiger partial charge in [0.1, 0.15) is 6.10 Å². The van der Waals surface area contributed by atoms with Crippen LogP contribution < -0.4 is 5.32 Å². The van der Waals surface area contributed by atoms with Gasteiger partial charge in [-0.25, -0.2) is 0 Å². The largest absolute Gasteiger partial charge is 0.368 e. The fourth-order valence-corrected chi connectivity index (χ4v) is 1.54. The van der Waals surface area contributed by atoms with Gasteiger partial charge >= 0.3 is 0 Å². The monoisotopic (exact) mass is 212 g/mol. The van der Waals surface area contributed by atoms with Crippen LogP contribution in [0, 0.1) is 0 Å². The first kappa shape index (κ1) is 12.2. The number of hydrogen-bond donors (Lipinski definition) is 1. The summed E-state index contributed by atoms with van der Waals surface area (Å²) in [6.45, 7) is 9.33. The molecule has 0 aromatic carbocycles. The zero-order valence-electron chi connectivity index (χ0n) is 9.37. The molecule has 1 amide bonds. The van der Waals surface area contributed by atoms with Crippen LogP contribution >= 0.6 is 0 Å². The Morgan fingerprint density at radius 1 is 1.60 bits per heavy atom. The SMILES string of the molecule is C=CCCOC(C)C(=O)N1CCNCC1. The summed E-state index contributed by atoms with van der Waals surface area (Å²) in [4.78, 5) is 13.7. The van der Waals surface area contributed by atoms with Gasteiger partial charge in [0.15, 0.2) is 0 Å². The van der Waals surface area contributed by atoms with Gasteiger partial charge in [0, 0.05) is 26.2 Å². The predicted molar refractivity (Wildman–Crippen MR) is 59.7 cm³/mol. The van der Waals surface area contributed by atoms with Crippen LogP contribution in [0.4, 0.5) is 0 Å². The van der Waals surface area contributed by atoms with Crippen molar-refractivity contribution >= 4 is 5.91 Å². The summed E-state index contributed by atoms with van der Waals surface area (Å²) < 4.78 is 5.41. The smallest absolute Gasteiger partial charge is 0.251 e. The summed E-state index contributed by atoms with van der Waals surface area (Å²) >= 11 is 0. The van der Waals surface area contributed by atoms with Gasteiger partial charge in [-0.05, 0) is 13.3 Å². The molecule has 0 radical (unpaired) electrons. The number of rotatable bonds is 5. The third kappa shape index (κ3) is 4.01. The van der Waals surface area contributed by atoms with Crippen molar-refractivity contribution in [2.75, 3.05) is 32.8 Å². The molecule has 86 valence electrons. The van der Waals surface area contributed by atoms with Crippen LogP contribution in [0.15, 0.2) is 12.7 Å². The topological polar surface area (TPSA) is 41.6 Å². The Bertz CT molecular complexity index is 213. The van der Waals surface area contributed by atoms with E-state index in [2.05, 4.69) is 11.9 Å². The zero-order valence-corrected chi connectivity index (χ0v) is 9.37. The quantitative estimate of drug-likeness (QED) is 0.530. The summed E-state index contributed by atoms with van der Waals surface area (Å²) in [5.74, 6) is 0.0977. The van der Waals surface area contributed by atoms with Gasteiger partial charge in [0.05, 0.1) is 6.61 Å². The Labute approximate surface area is 91.3 Å². The van der Waals surface area contributed by atoms with E-state index in [-0.39, 0.29) is 12.0 Å². The van der Waals surface area contributed by atoms with Gasteiger partial charge in [0.2, 0.25) is 0 Å². The fraction of sp³-hybridized carbons (Fsp3) is 0.727. The molecular formula is C11H20N2O2. The van der Waals surface area contributed by atoms with Crippen LogP contribution in [-0.2, 0) is 9.53 Å². The Morgan fingerprint density at radius 3 is 2.87 bits per heavy atom. The van der Waals surface area contributed by atoms with E-state index in [1.165, 1.54) is 0 Å². The van der Waals surface area contributed by atoms with E-state index in [9.17, 15) is 4.79 Å². The predicted octanol–water partition coefficient (Wildman–Crippen LogP) is 0.399. The molecule has 1 N–H and O–H groups in total. The normalized spacial score (nSPS) is 18.6. The maximum Gasteiger partial charge on any atom is 0.251 e. The Hall–Kier alpha value is -0.870. The molecule has 1 fully saturated rings. The van der Waals surface area contributed by atoms with Crippen molar-refractivity contribution in [2.24, 2.45) is 0 Å². The highest BCUT2D eigenvalue weighted by Gasteiger charge is 2.21. The number of piperazine rings is 1. The van der Waals surface area contributed by atoms with E-state index in [1.54, 1.807) is 6.08 Å². The second-order valence-electron chi connectivity index (χ2n) is 3.67. The number of amides is 1. The van der Waals surface area contributed by atoms with Crippen molar-refractivity contribution in [1.29, 1.82) is 0 Å². The lowest BCUT2D eigenvalue weighted by Gasteiger charge is -2.29. The van der Waals surface area contributed by atoms with Gasteiger partial charge in [-0.15, -0.1) is 6.58 Å². The average Bonchev–Trinajstić information content (AvgIpc) is 2.29. The molecule has 0 saturated carbocycles. The average molecular weight is 212 g/mol. The Kier molecular flexibility index (Phi) is 5.36. The first-order valence-corrected chi connectivity index (χ1v) is 5.47. The summed E-state index contributed by atoms with van der Waals surface area (Å²) in [6, 6.07) is 0. The van der Waals surface area contributed by atoms with Gasteiger partial charge < -0.3 is 15.0 Å². The molecule has 0 bridgehead atoms. The number of carbonyl (C=O) groups is 1. The molecule has 1 atom stereocenters. The maximum atomic E-state index is 11.8. The number of ether oxygens (including phenoxy) is 1. The number of nitrogens with zero attached hydrogens (tertiary/aromatic N) is 1. The molecule has 0 aliphatic carbocycles. The van der Waals surface area contributed by atoms with E-state index in [1.807, 2.05) is 11.8 Å². The third-order valence-electron chi connectivity index (χ3n) is 2.47. The third-order valence-corrected chi connectivity index (χ3v) is 2.47. The minimum absolute atomic E-state index is 0.0977. The van der Waals surface area contributed by atoms with Gasteiger partial charge in [0.25, 0.3) is 5.91 Å². The lowest BCUT2D eigenvalue weighted by Crippen LogP contribution is -2.49. The van der Waals surface area contributed by atoms with Gasteiger partial charge in [-0.3, -0.25) is 4.79 Å². The van der Waals surface area contributed by atoms with Crippen molar-refractivity contribution in [3.63, 3.8) is 0 Å². The first-order valence-electron chi connectivity index (χ1n) is 5.47. The number of carbonyl (C=O) groups excluding carboxylic acids is 1. The van der Waals surface area contributed by atoms with Crippen molar-refractivity contribution < 1.29 is 9.53 Å². The summed E-state index contributed by atoms with van der Waals surface area (Å²) in [5, 5.41) is 3.21. The molecule has 4 nitrogen and oxygen atoms in total. The molecule has 0 aromatic rings. The molecule has 0 aromatic heterocycles. The van der Waals surface area contributed by atoms with Crippen molar-refractivity contribution in [3.8, 4) is 0 Å². The molecule has 1 unspecified atom stereocenters. The highest BCUT2D eigenvalue weighted by Crippen LogP contribution is 2.01. The van der Waals surface area contributed by atoms with Gasteiger partial charge in [-0.1, -0.05) is 6.08 Å². The minimum Gasteiger partial charge on any atom is -0.368 e. The van der Waals surface area contributed by atoms with Crippen LogP contribution in [0.1, 0.15) is 13.3 Å². The summed E-state index contributed by atoms with van der Waals surface area (Å²) in [5.41, 5.74) is 0. The van der Waals surface area contributed by atoms with E-state index in [0.29, 0.717) is 6.61 Å². The fourth-order valence-electron chi connectivity index (χ4n) is 1.54. The van der Waals surface area contributed by atoms with Crippen molar-refractivity contribution in [2.45, 2.75) is 19.4 Å². The lowest BCUT2D eigenvalue weighted by atomic mass is 10.3. The van der Waals surface area contributed by atoms with E-state index in [0.717, 1.165) is 32.6 Å². The van der Waals surface area contributed by atoms with Crippen LogP contribution in [-0.4, -0.2) is 49.7 Å². The molecular weight excluding hydrogens is 192 g/mol. The van der Waals surface area contributed by atoms with E-state index < -0.39 is 0 Å². The maximum absolute atomic E-state index is 11.8. The number of nitrogens with one attached hydrogen (secondary N) is 1. The molecule has 15 heavy (non-hydrogen) atoms. The molecule has 1 aliphatic heterocycles. The molecule has 1 rings (SSSR count). The van der Waals surface area contributed by atoms with Crippen molar-refractivity contribution in [3.05, 3.63) is 12.7 Å². The van der Waals surface area contributed by atoms with E-state index in [4.69, 9.17) is 4.74 Å². The van der Waals surface area contributed by atoms with Crippen LogP contribution in [0.25, 0.3) is 0 Å². The van der Waals surface area contributed by atoms with E-state index >= 15 is 0 Å². The van der Waals surface area contributed by atoms with Crippen LogP contribution in [0.5, 0.6) is 0 Å². The first-order chi connectivity index (χ1) is 7.25. The minimum atomic E-state index is -0.331. The molecule has 4 heteroatoms.